The van der Waals surface area contributed by atoms with Gasteiger partial charge in [-0.3, -0.25) is 4.79 Å². The molecule has 1 saturated heterocycles. The van der Waals surface area contributed by atoms with E-state index >= 15 is 0 Å². The van der Waals surface area contributed by atoms with Crippen LogP contribution in [-0.2, 0) is 6.42 Å². The van der Waals surface area contributed by atoms with Crippen LogP contribution in [0, 0.1) is 0 Å². The van der Waals surface area contributed by atoms with Gasteiger partial charge in [-0.15, -0.1) is 0 Å². The smallest absolute Gasteiger partial charge is 0.206 e. The number of nitrogens with zero attached hydrogens (tertiary/aromatic N) is 1. The van der Waals surface area contributed by atoms with Crippen molar-refractivity contribution in [2.75, 3.05) is 24.2 Å². The number of nitrogens with two attached hydrogens (primary N) is 1. The standard InChI is InChI=1S/C24H28N4O2S/c1-3-16-6-4-7-17(14-16)20(29)21-22(25)28-23(31-21)27-18-8-10-19(11-9-18)30-15-24(2)12-5-13-26-24/h4,6-11,14,26H,3,5,12-13,15,25H2,1-2H3,(H,27,28)/t24-/m1/s1. The summed E-state index contributed by atoms with van der Waals surface area (Å²) >= 11 is 1.27. The third-order valence-electron chi connectivity index (χ3n) is 5.58. The van der Waals surface area contributed by atoms with Crippen LogP contribution in [0.25, 0.3) is 0 Å². The van der Waals surface area contributed by atoms with Crippen LogP contribution in [-0.4, -0.2) is 29.5 Å². The van der Waals surface area contributed by atoms with E-state index in [1.807, 2.05) is 48.5 Å². The highest BCUT2D eigenvalue weighted by Crippen LogP contribution is 2.30. The van der Waals surface area contributed by atoms with Crippen molar-refractivity contribution in [1.29, 1.82) is 0 Å². The van der Waals surface area contributed by atoms with Crippen molar-refractivity contribution in [3.8, 4) is 5.75 Å². The van der Waals surface area contributed by atoms with Crippen LogP contribution in [0.3, 0.4) is 0 Å². The Labute approximate surface area is 186 Å². The molecular weight excluding hydrogens is 408 g/mol. The van der Waals surface area contributed by atoms with E-state index in [0.717, 1.165) is 36.4 Å². The van der Waals surface area contributed by atoms with Crippen molar-refractivity contribution in [2.45, 2.75) is 38.6 Å². The molecule has 0 radical (unpaired) electrons. The molecule has 6 nitrogen and oxygen atoms in total. The number of rotatable bonds is 8. The number of thiazole rings is 1. The van der Waals surface area contributed by atoms with E-state index in [2.05, 4.69) is 29.5 Å². The summed E-state index contributed by atoms with van der Waals surface area (Å²) < 4.78 is 5.95. The Morgan fingerprint density at radius 3 is 2.81 bits per heavy atom. The van der Waals surface area contributed by atoms with Gasteiger partial charge in [-0.1, -0.05) is 36.5 Å². The summed E-state index contributed by atoms with van der Waals surface area (Å²) in [6, 6.07) is 15.4. The van der Waals surface area contributed by atoms with Crippen LogP contribution in [0.2, 0.25) is 0 Å². The van der Waals surface area contributed by atoms with Crippen molar-refractivity contribution in [1.82, 2.24) is 10.3 Å². The van der Waals surface area contributed by atoms with Crippen molar-refractivity contribution >= 4 is 33.8 Å². The summed E-state index contributed by atoms with van der Waals surface area (Å²) in [6.45, 7) is 5.96. The molecule has 4 N–H and O–H groups in total. The van der Waals surface area contributed by atoms with Crippen LogP contribution in [0.15, 0.2) is 48.5 Å². The average molecular weight is 437 g/mol. The van der Waals surface area contributed by atoms with E-state index in [-0.39, 0.29) is 17.1 Å². The first kappa shape index (κ1) is 21.3. The number of nitrogens with one attached hydrogen (secondary N) is 2. The maximum absolute atomic E-state index is 12.9. The highest BCUT2D eigenvalue weighted by molar-refractivity contribution is 7.18. The number of ketones is 1. The average Bonchev–Trinajstić information content (AvgIpc) is 3.38. The lowest BCUT2D eigenvalue weighted by Gasteiger charge is -2.24. The predicted octanol–water partition coefficient (Wildman–Crippen LogP) is 4.78. The number of nitrogen functional groups attached to an aromatic ring is 1. The highest BCUT2D eigenvalue weighted by atomic mass is 32.1. The van der Waals surface area contributed by atoms with Crippen LogP contribution in [0.5, 0.6) is 5.75 Å². The van der Waals surface area contributed by atoms with Crippen LogP contribution < -0.4 is 21.1 Å². The molecule has 162 valence electrons. The van der Waals surface area contributed by atoms with Crippen molar-refractivity contribution in [2.24, 2.45) is 0 Å². The second-order valence-corrected chi connectivity index (χ2v) is 9.14. The Morgan fingerprint density at radius 1 is 1.29 bits per heavy atom. The summed E-state index contributed by atoms with van der Waals surface area (Å²) in [5.41, 5.74) is 8.71. The summed E-state index contributed by atoms with van der Waals surface area (Å²) in [5, 5.41) is 7.32. The summed E-state index contributed by atoms with van der Waals surface area (Å²) in [4.78, 5) is 17.7. The molecule has 31 heavy (non-hydrogen) atoms. The number of carbonyl (C=O) groups is 1. The van der Waals surface area contributed by atoms with E-state index in [1.54, 1.807) is 0 Å². The molecule has 1 fully saturated rings. The molecule has 2 aromatic carbocycles. The highest BCUT2D eigenvalue weighted by Gasteiger charge is 2.28. The first-order valence-corrected chi connectivity index (χ1v) is 11.4. The molecule has 0 bridgehead atoms. The lowest BCUT2D eigenvalue weighted by atomic mass is 10.0. The number of ether oxygens (including phenoxy) is 1. The minimum absolute atomic E-state index is 0.0505. The molecule has 0 amide bonds. The van der Waals surface area contributed by atoms with Gasteiger partial charge in [0.15, 0.2) is 5.13 Å². The lowest BCUT2D eigenvalue weighted by molar-refractivity contribution is 0.104. The number of carbonyl (C=O) groups excluding carboxylic acids is 1. The van der Waals surface area contributed by atoms with Gasteiger partial charge in [-0.25, -0.2) is 4.98 Å². The summed E-state index contributed by atoms with van der Waals surface area (Å²) in [7, 11) is 0. The number of aromatic nitrogens is 1. The van der Waals surface area contributed by atoms with Gasteiger partial charge in [0.25, 0.3) is 0 Å². The Morgan fingerprint density at radius 2 is 2.10 bits per heavy atom. The largest absolute Gasteiger partial charge is 0.492 e. The molecule has 1 aliphatic heterocycles. The molecule has 2 heterocycles. The molecular formula is C24H28N4O2S. The molecule has 0 aliphatic carbocycles. The topological polar surface area (TPSA) is 89.3 Å². The normalized spacial score (nSPS) is 18.1. The van der Waals surface area contributed by atoms with E-state index in [4.69, 9.17) is 10.5 Å². The molecule has 1 atom stereocenters. The van der Waals surface area contributed by atoms with E-state index in [1.165, 1.54) is 17.8 Å². The molecule has 1 aromatic heterocycles. The molecule has 3 aromatic rings. The van der Waals surface area contributed by atoms with Gasteiger partial charge in [0.1, 0.15) is 23.1 Å². The minimum Gasteiger partial charge on any atom is -0.492 e. The van der Waals surface area contributed by atoms with E-state index < -0.39 is 0 Å². The van der Waals surface area contributed by atoms with E-state index in [9.17, 15) is 4.79 Å². The quantitative estimate of drug-likeness (QED) is 0.440. The van der Waals surface area contributed by atoms with Gasteiger partial charge < -0.3 is 21.1 Å². The monoisotopic (exact) mass is 436 g/mol. The summed E-state index contributed by atoms with van der Waals surface area (Å²) in [6.07, 6.45) is 3.19. The molecule has 0 saturated carbocycles. The first-order valence-electron chi connectivity index (χ1n) is 10.6. The maximum atomic E-state index is 12.9. The van der Waals surface area contributed by atoms with Crippen molar-refractivity contribution in [3.63, 3.8) is 0 Å². The molecule has 4 rings (SSSR count). The van der Waals surface area contributed by atoms with Gasteiger partial charge in [0.2, 0.25) is 5.78 Å². The van der Waals surface area contributed by atoms with Gasteiger partial charge >= 0.3 is 0 Å². The number of benzene rings is 2. The zero-order valence-electron chi connectivity index (χ0n) is 17.9. The van der Waals surface area contributed by atoms with Gasteiger partial charge in [-0.05, 0) is 68.6 Å². The van der Waals surface area contributed by atoms with Crippen molar-refractivity contribution in [3.05, 3.63) is 64.5 Å². The molecule has 0 spiro atoms. The van der Waals surface area contributed by atoms with Gasteiger partial charge in [0.05, 0.1) is 0 Å². The second-order valence-electron chi connectivity index (χ2n) is 8.15. The van der Waals surface area contributed by atoms with Crippen molar-refractivity contribution < 1.29 is 9.53 Å². The minimum atomic E-state index is -0.101. The van der Waals surface area contributed by atoms with Crippen LogP contribution in [0.4, 0.5) is 16.6 Å². The second kappa shape index (κ2) is 9.08. The van der Waals surface area contributed by atoms with Gasteiger partial charge in [0, 0.05) is 16.8 Å². The Bertz CT molecular complexity index is 1060. The maximum Gasteiger partial charge on any atom is 0.206 e. The zero-order valence-corrected chi connectivity index (χ0v) is 18.7. The first-order chi connectivity index (χ1) is 15.0. The third-order valence-corrected chi connectivity index (χ3v) is 6.56. The number of hydrogen-bond donors (Lipinski definition) is 3. The number of anilines is 3. The Hall–Kier alpha value is -2.90. The summed E-state index contributed by atoms with van der Waals surface area (Å²) in [5.74, 6) is 0.971. The Balaban J connectivity index is 1.41. The SMILES string of the molecule is CCc1cccc(C(=O)c2sc(Nc3ccc(OC[C@@]4(C)CCCN4)cc3)nc2N)c1. The number of aryl methyl sites for hydroxylation is 1. The Kier molecular flexibility index (Phi) is 6.25. The number of hydrogen-bond acceptors (Lipinski definition) is 7. The lowest BCUT2D eigenvalue weighted by Crippen LogP contribution is -2.42. The van der Waals surface area contributed by atoms with E-state index in [0.29, 0.717) is 22.2 Å². The molecule has 0 unspecified atom stereocenters. The molecule has 7 heteroatoms. The van der Waals surface area contributed by atoms with Crippen LogP contribution in [0.1, 0.15) is 47.5 Å². The van der Waals surface area contributed by atoms with Gasteiger partial charge in [-0.2, -0.15) is 0 Å². The molecule has 1 aliphatic rings. The van der Waals surface area contributed by atoms with Crippen LogP contribution >= 0.6 is 11.3 Å². The predicted molar refractivity (Wildman–Crippen MR) is 127 cm³/mol. The fourth-order valence-corrected chi connectivity index (χ4v) is 4.56. The fourth-order valence-electron chi connectivity index (χ4n) is 3.69. The zero-order chi connectivity index (χ0) is 21.8. The fraction of sp³-hybridized carbons (Fsp3) is 0.333. The third kappa shape index (κ3) is 5.06.